The second-order valence-corrected chi connectivity index (χ2v) is 2.94. The Balaban J connectivity index is 2.74. The summed E-state index contributed by atoms with van der Waals surface area (Å²) < 4.78 is 5.17. The number of thioether (sulfide) groups is 1. The summed E-state index contributed by atoms with van der Waals surface area (Å²) in [6.07, 6.45) is 2.74. The number of carbonyl (C=O) groups is 1. The smallest absolute Gasteiger partial charge is 0.262 e. The number of carbonyl (C=O) groups excluding carboxylic acids is 1. The first-order valence-electron chi connectivity index (χ1n) is 3.47. The number of allylic oxidation sites excluding steroid dienone is 1. The van der Waals surface area contributed by atoms with Gasteiger partial charge in [0.15, 0.2) is 11.7 Å². The Labute approximate surface area is 70.2 Å². The first-order valence-corrected chi connectivity index (χ1v) is 4.70. The summed E-state index contributed by atoms with van der Waals surface area (Å²) in [5, 5.41) is 3.60. The van der Waals surface area contributed by atoms with E-state index >= 15 is 0 Å². The van der Waals surface area contributed by atoms with Crippen molar-refractivity contribution in [3.05, 3.63) is 10.8 Å². The maximum atomic E-state index is 10.8. The predicted molar refractivity (Wildman–Crippen MR) is 44.9 cm³/mol. The van der Waals surface area contributed by atoms with E-state index in [4.69, 9.17) is 4.74 Å². The highest BCUT2D eigenvalue weighted by molar-refractivity contribution is 8.02. The summed E-state index contributed by atoms with van der Waals surface area (Å²) in [4.78, 5) is 10.8. The molecule has 0 bridgehead atoms. The maximum Gasteiger partial charge on any atom is 0.262 e. The minimum Gasteiger partial charge on any atom is -0.476 e. The van der Waals surface area contributed by atoms with E-state index in [-0.39, 0.29) is 12.5 Å². The number of hydrogen-bond acceptors (Lipinski definition) is 3. The number of nitrogens with one attached hydrogen (secondary N) is 1. The van der Waals surface area contributed by atoms with Crippen molar-refractivity contribution < 1.29 is 9.53 Å². The first kappa shape index (κ1) is 8.46. The Morgan fingerprint density at radius 1 is 1.73 bits per heavy atom. The van der Waals surface area contributed by atoms with Gasteiger partial charge < -0.3 is 10.1 Å². The third-order valence-electron chi connectivity index (χ3n) is 1.41. The van der Waals surface area contributed by atoms with E-state index in [1.54, 1.807) is 0 Å². The molecule has 0 radical (unpaired) electrons. The van der Waals surface area contributed by atoms with Gasteiger partial charge in [-0.25, -0.2) is 0 Å². The minimum atomic E-state index is -0.0559. The van der Waals surface area contributed by atoms with Crippen molar-refractivity contribution in [2.75, 3.05) is 12.9 Å². The van der Waals surface area contributed by atoms with Crippen molar-refractivity contribution >= 4 is 17.7 Å². The van der Waals surface area contributed by atoms with E-state index in [1.807, 2.05) is 13.2 Å². The molecule has 1 N–H and O–H groups in total. The number of amides is 1. The molecule has 62 valence electrons. The SMILES string of the molecule is CCC1=C(SC)OCC(=O)N1. The topological polar surface area (TPSA) is 38.3 Å². The van der Waals surface area contributed by atoms with Crippen LogP contribution < -0.4 is 5.32 Å². The van der Waals surface area contributed by atoms with Crippen LogP contribution in [0.2, 0.25) is 0 Å². The normalized spacial score (nSPS) is 17.8. The lowest BCUT2D eigenvalue weighted by Crippen LogP contribution is -2.32. The quantitative estimate of drug-likeness (QED) is 0.679. The molecular weight excluding hydrogens is 162 g/mol. The molecule has 0 aromatic heterocycles. The molecule has 1 rings (SSSR count). The molecule has 0 fully saturated rings. The Bertz CT molecular complexity index is 201. The lowest BCUT2D eigenvalue weighted by Gasteiger charge is -2.19. The van der Waals surface area contributed by atoms with Gasteiger partial charge in [0.1, 0.15) is 0 Å². The molecule has 0 aromatic carbocycles. The Hall–Kier alpha value is -0.640. The van der Waals surface area contributed by atoms with E-state index < -0.39 is 0 Å². The third kappa shape index (κ3) is 1.89. The van der Waals surface area contributed by atoms with Gasteiger partial charge in [-0.1, -0.05) is 18.7 Å². The van der Waals surface area contributed by atoms with Crippen molar-refractivity contribution in [3.8, 4) is 0 Å². The fourth-order valence-electron chi connectivity index (χ4n) is 0.888. The standard InChI is InChI=1S/C7H11NO2S/c1-3-5-7(11-2)10-4-6(9)8-5/h3-4H2,1-2H3,(H,8,9). The molecule has 0 unspecified atom stereocenters. The summed E-state index contributed by atoms with van der Waals surface area (Å²) in [7, 11) is 0. The van der Waals surface area contributed by atoms with Gasteiger partial charge in [0.05, 0.1) is 5.70 Å². The van der Waals surface area contributed by atoms with Gasteiger partial charge in [-0.3, -0.25) is 4.79 Å². The summed E-state index contributed by atoms with van der Waals surface area (Å²) in [5.74, 6) is -0.0559. The minimum absolute atomic E-state index is 0.0559. The molecule has 0 saturated heterocycles. The van der Waals surface area contributed by atoms with Gasteiger partial charge in [0.25, 0.3) is 5.91 Å². The zero-order valence-corrected chi connectivity index (χ0v) is 7.46. The van der Waals surface area contributed by atoms with E-state index in [1.165, 1.54) is 11.8 Å². The highest BCUT2D eigenvalue weighted by Crippen LogP contribution is 2.21. The molecule has 4 heteroatoms. The summed E-state index contributed by atoms with van der Waals surface area (Å²) in [6, 6.07) is 0. The lowest BCUT2D eigenvalue weighted by molar-refractivity contribution is -0.124. The van der Waals surface area contributed by atoms with E-state index in [0.29, 0.717) is 0 Å². The number of rotatable bonds is 2. The van der Waals surface area contributed by atoms with Crippen LogP contribution in [-0.2, 0) is 9.53 Å². The summed E-state index contributed by atoms with van der Waals surface area (Å²) in [5.41, 5.74) is 0.897. The zero-order chi connectivity index (χ0) is 8.27. The van der Waals surface area contributed by atoms with Crippen molar-refractivity contribution in [3.63, 3.8) is 0 Å². The molecule has 0 saturated carbocycles. The monoisotopic (exact) mass is 173 g/mol. The molecule has 0 spiro atoms. The van der Waals surface area contributed by atoms with Crippen LogP contribution in [0.5, 0.6) is 0 Å². The fourth-order valence-corrected chi connectivity index (χ4v) is 1.51. The Morgan fingerprint density at radius 3 is 3.00 bits per heavy atom. The molecule has 11 heavy (non-hydrogen) atoms. The van der Waals surface area contributed by atoms with Crippen LogP contribution in [0.15, 0.2) is 10.8 Å². The fraction of sp³-hybridized carbons (Fsp3) is 0.571. The van der Waals surface area contributed by atoms with Gasteiger partial charge in [0.2, 0.25) is 0 Å². The molecular formula is C7H11NO2S. The lowest BCUT2D eigenvalue weighted by atomic mass is 10.3. The van der Waals surface area contributed by atoms with Gasteiger partial charge in [-0.15, -0.1) is 0 Å². The average molecular weight is 173 g/mol. The number of hydrogen-bond donors (Lipinski definition) is 1. The second-order valence-electron chi connectivity index (χ2n) is 2.16. The molecule has 1 heterocycles. The van der Waals surface area contributed by atoms with Crippen molar-refractivity contribution in [1.82, 2.24) is 5.32 Å². The zero-order valence-electron chi connectivity index (χ0n) is 6.64. The van der Waals surface area contributed by atoms with Crippen LogP contribution >= 0.6 is 11.8 Å². The van der Waals surface area contributed by atoms with Crippen LogP contribution in [0.25, 0.3) is 0 Å². The van der Waals surface area contributed by atoms with Gasteiger partial charge in [0, 0.05) is 0 Å². The van der Waals surface area contributed by atoms with Crippen molar-refractivity contribution in [1.29, 1.82) is 0 Å². The van der Waals surface area contributed by atoms with Crippen LogP contribution in [-0.4, -0.2) is 18.8 Å². The van der Waals surface area contributed by atoms with Crippen molar-refractivity contribution in [2.24, 2.45) is 0 Å². The van der Waals surface area contributed by atoms with Gasteiger partial charge >= 0.3 is 0 Å². The van der Waals surface area contributed by atoms with E-state index in [9.17, 15) is 4.79 Å². The Morgan fingerprint density at radius 2 is 2.45 bits per heavy atom. The van der Waals surface area contributed by atoms with Crippen LogP contribution in [0.3, 0.4) is 0 Å². The molecule has 3 nitrogen and oxygen atoms in total. The maximum absolute atomic E-state index is 10.8. The van der Waals surface area contributed by atoms with Gasteiger partial charge in [-0.2, -0.15) is 0 Å². The van der Waals surface area contributed by atoms with E-state index in [0.717, 1.165) is 17.2 Å². The molecule has 0 aromatic rings. The summed E-state index contributed by atoms with van der Waals surface area (Å²) >= 11 is 1.52. The molecule has 1 aliphatic rings. The van der Waals surface area contributed by atoms with Crippen LogP contribution in [0.1, 0.15) is 13.3 Å². The van der Waals surface area contributed by atoms with Gasteiger partial charge in [-0.05, 0) is 12.7 Å². The second kappa shape index (κ2) is 3.67. The highest BCUT2D eigenvalue weighted by Gasteiger charge is 2.16. The summed E-state index contributed by atoms with van der Waals surface area (Å²) in [6.45, 7) is 2.14. The van der Waals surface area contributed by atoms with E-state index in [2.05, 4.69) is 5.32 Å². The van der Waals surface area contributed by atoms with Crippen LogP contribution in [0.4, 0.5) is 0 Å². The highest BCUT2D eigenvalue weighted by atomic mass is 32.2. The first-order chi connectivity index (χ1) is 5.27. The molecule has 0 aliphatic carbocycles. The molecule has 1 aliphatic heterocycles. The molecule has 0 atom stereocenters. The Kier molecular flexibility index (Phi) is 2.82. The van der Waals surface area contributed by atoms with Crippen LogP contribution in [0, 0.1) is 0 Å². The molecule has 1 amide bonds. The van der Waals surface area contributed by atoms with Crippen molar-refractivity contribution in [2.45, 2.75) is 13.3 Å². The third-order valence-corrected chi connectivity index (χ3v) is 2.15. The average Bonchev–Trinajstić information content (AvgIpc) is 2.04. The predicted octanol–water partition coefficient (Wildman–Crippen LogP) is 1.07. The number of ether oxygens (including phenoxy) is 1. The largest absolute Gasteiger partial charge is 0.476 e.